The molecule has 4 atom stereocenters. The summed E-state index contributed by atoms with van der Waals surface area (Å²) < 4.78 is 12.4. The van der Waals surface area contributed by atoms with E-state index in [-0.39, 0.29) is 18.4 Å². The molecule has 0 saturated heterocycles. The van der Waals surface area contributed by atoms with Gasteiger partial charge in [0.1, 0.15) is 12.4 Å². The molecular weight excluding hydrogens is 540 g/mol. The van der Waals surface area contributed by atoms with E-state index in [1.807, 2.05) is 36.4 Å². The first kappa shape index (κ1) is 29.5. The van der Waals surface area contributed by atoms with Crippen molar-refractivity contribution in [3.63, 3.8) is 0 Å². The number of rotatable bonds is 2. The summed E-state index contributed by atoms with van der Waals surface area (Å²) in [6.07, 6.45) is 10.0. The fourth-order valence-electron chi connectivity index (χ4n) is 6.41. The van der Waals surface area contributed by atoms with E-state index in [9.17, 15) is 14.7 Å². The Labute approximate surface area is 248 Å². The summed E-state index contributed by atoms with van der Waals surface area (Å²) in [5.74, 6) is -0.521. The summed E-state index contributed by atoms with van der Waals surface area (Å²) in [5, 5.41) is 10.9. The van der Waals surface area contributed by atoms with Crippen LogP contribution in [-0.2, 0) is 27.4 Å². The van der Waals surface area contributed by atoms with E-state index in [4.69, 9.17) is 21.1 Å². The number of aliphatic carboxylic acids is 1. The fourth-order valence-corrected chi connectivity index (χ4v) is 6.60. The van der Waals surface area contributed by atoms with E-state index in [0.29, 0.717) is 37.0 Å². The molecule has 1 amide bonds. The predicted molar refractivity (Wildman–Crippen MR) is 161 cm³/mol. The number of aryl methyl sites for hydroxylation is 1. The Morgan fingerprint density at radius 2 is 1.95 bits per heavy atom. The number of benzene rings is 2. The molecule has 8 heteroatoms. The Bertz CT molecular complexity index is 1280. The summed E-state index contributed by atoms with van der Waals surface area (Å²) in [7, 11) is 3.52. The lowest BCUT2D eigenvalue weighted by atomic mass is 9.70. The molecule has 5 rings (SSSR count). The molecule has 2 heterocycles. The third-order valence-electron chi connectivity index (χ3n) is 9.09. The topological polar surface area (TPSA) is 79.3 Å². The molecule has 2 bridgehead atoms. The fraction of sp³-hybridized carbons (Fsp3) is 0.515. The Kier molecular flexibility index (Phi) is 9.56. The molecule has 1 fully saturated rings. The second-order valence-electron chi connectivity index (χ2n) is 11.7. The van der Waals surface area contributed by atoms with Crippen molar-refractivity contribution >= 4 is 29.2 Å². The van der Waals surface area contributed by atoms with E-state index < -0.39 is 11.9 Å². The highest BCUT2D eigenvalue weighted by atomic mass is 35.5. The minimum Gasteiger partial charge on any atom is -0.487 e. The summed E-state index contributed by atoms with van der Waals surface area (Å²) in [5.41, 5.74) is 3.84. The first-order valence-corrected chi connectivity index (χ1v) is 15.2. The Hall–Kier alpha value is -3.03. The zero-order chi connectivity index (χ0) is 28.9. The van der Waals surface area contributed by atoms with E-state index in [1.165, 1.54) is 5.56 Å². The number of hydrogen-bond acceptors (Lipinski definition) is 5. The number of carboxylic acids is 1. The lowest BCUT2D eigenvalue weighted by molar-refractivity contribution is -0.142. The SMILES string of the molecule is CO[C@H]1/C=C/CCN(C)C(=O)C[C@@H](C(=O)O)c2ccc3c(c2)N(CCCCc2cc(Cl)ccc2CO3)C[C@@H]2CC[C@H]21. The number of carbonyl (C=O) groups excluding carboxylic acids is 1. The van der Waals surface area contributed by atoms with Gasteiger partial charge in [0.15, 0.2) is 0 Å². The number of carbonyl (C=O) groups is 2. The van der Waals surface area contributed by atoms with Crippen molar-refractivity contribution in [2.45, 2.75) is 63.6 Å². The van der Waals surface area contributed by atoms with Crippen LogP contribution in [-0.4, -0.2) is 61.8 Å². The van der Waals surface area contributed by atoms with Crippen LogP contribution >= 0.6 is 11.6 Å². The molecular formula is C33H41ClN2O5. The van der Waals surface area contributed by atoms with Crippen molar-refractivity contribution in [1.29, 1.82) is 0 Å². The molecule has 0 spiro atoms. The van der Waals surface area contributed by atoms with Crippen LogP contribution in [0.3, 0.4) is 0 Å². The maximum Gasteiger partial charge on any atom is 0.311 e. The van der Waals surface area contributed by atoms with Crippen LogP contribution in [0.25, 0.3) is 0 Å². The zero-order valence-corrected chi connectivity index (χ0v) is 24.8. The van der Waals surface area contributed by atoms with Crippen LogP contribution in [0.1, 0.15) is 61.1 Å². The van der Waals surface area contributed by atoms with Gasteiger partial charge in [0.2, 0.25) is 5.91 Å². The second kappa shape index (κ2) is 13.3. The van der Waals surface area contributed by atoms with Crippen LogP contribution < -0.4 is 9.64 Å². The van der Waals surface area contributed by atoms with Gasteiger partial charge in [-0.3, -0.25) is 9.59 Å². The summed E-state index contributed by atoms with van der Waals surface area (Å²) in [4.78, 5) is 29.5. The van der Waals surface area contributed by atoms with E-state index in [1.54, 1.807) is 19.1 Å². The monoisotopic (exact) mass is 580 g/mol. The number of amides is 1. The maximum absolute atomic E-state index is 13.1. The Balaban J connectivity index is 1.55. The number of anilines is 1. The molecule has 3 aliphatic rings. The molecule has 7 nitrogen and oxygen atoms in total. The number of carboxylic acid groups (broad SMARTS) is 1. The van der Waals surface area contributed by atoms with Gasteiger partial charge in [-0.1, -0.05) is 35.9 Å². The minimum absolute atomic E-state index is 0.0318. The van der Waals surface area contributed by atoms with Crippen LogP contribution in [0, 0.1) is 11.8 Å². The smallest absolute Gasteiger partial charge is 0.311 e. The molecule has 1 N–H and O–H groups in total. The molecule has 1 saturated carbocycles. The zero-order valence-electron chi connectivity index (χ0n) is 24.1. The lowest BCUT2D eigenvalue weighted by Gasteiger charge is -2.43. The van der Waals surface area contributed by atoms with Crippen molar-refractivity contribution in [2.75, 3.05) is 38.7 Å². The van der Waals surface area contributed by atoms with Crippen LogP contribution in [0.4, 0.5) is 5.69 Å². The van der Waals surface area contributed by atoms with E-state index >= 15 is 0 Å². The average Bonchev–Trinajstić information content (AvgIpc) is 2.97. The number of fused-ring (bicyclic) bond motifs is 3. The summed E-state index contributed by atoms with van der Waals surface area (Å²) in [6.45, 7) is 2.60. The molecule has 41 heavy (non-hydrogen) atoms. The van der Waals surface area contributed by atoms with Gasteiger partial charge in [0.25, 0.3) is 0 Å². The quantitative estimate of drug-likeness (QED) is 0.434. The van der Waals surface area contributed by atoms with Crippen molar-refractivity contribution in [3.8, 4) is 5.75 Å². The maximum atomic E-state index is 13.1. The minimum atomic E-state index is -0.996. The molecule has 1 aliphatic carbocycles. The third-order valence-corrected chi connectivity index (χ3v) is 9.32. The van der Waals surface area contributed by atoms with Crippen molar-refractivity contribution < 1.29 is 24.2 Å². The second-order valence-corrected chi connectivity index (χ2v) is 12.1. The highest BCUT2D eigenvalue weighted by molar-refractivity contribution is 6.30. The largest absolute Gasteiger partial charge is 0.487 e. The number of nitrogens with zero attached hydrogens (tertiary/aromatic N) is 2. The molecule has 0 aromatic heterocycles. The van der Waals surface area contributed by atoms with Crippen molar-refractivity contribution in [2.24, 2.45) is 11.8 Å². The molecule has 2 aromatic rings. The lowest BCUT2D eigenvalue weighted by Crippen LogP contribution is -2.44. The van der Waals surface area contributed by atoms with Crippen LogP contribution in [0.15, 0.2) is 48.6 Å². The van der Waals surface area contributed by atoms with Crippen molar-refractivity contribution in [1.82, 2.24) is 4.90 Å². The number of ether oxygens (including phenoxy) is 2. The highest BCUT2D eigenvalue weighted by Gasteiger charge is 2.38. The number of hydrogen-bond donors (Lipinski definition) is 1. The van der Waals surface area contributed by atoms with Gasteiger partial charge < -0.3 is 24.4 Å². The van der Waals surface area contributed by atoms with Gasteiger partial charge in [-0.05, 0) is 91.3 Å². The number of halogens is 1. The van der Waals surface area contributed by atoms with Crippen LogP contribution in [0.2, 0.25) is 5.02 Å². The van der Waals surface area contributed by atoms with Gasteiger partial charge >= 0.3 is 5.97 Å². The Morgan fingerprint density at radius 3 is 2.71 bits per heavy atom. The normalized spacial score (nSPS) is 26.5. The molecule has 0 radical (unpaired) electrons. The van der Waals surface area contributed by atoms with Crippen molar-refractivity contribution in [3.05, 3.63) is 70.3 Å². The van der Waals surface area contributed by atoms with Gasteiger partial charge in [-0.2, -0.15) is 0 Å². The highest BCUT2D eigenvalue weighted by Crippen LogP contribution is 2.42. The van der Waals surface area contributed by atoms with Crippen LogP contribution in [0.5, 0.6) is 5.75 Å². The predicted octanol–water partition coefficient (Wildman–Crippen LogP) is 6.08. The molecule has 2 aliphatic heterocycles. The van der Waals surface area contributed by atoms with Gasteiger partial charge in [0.05, 0.1) is 17.7 Å². The van der Waals surface area contributed by atoms with Gasteiger partial charge in [-0.25, -0.2) is 0 Å². The average molecular weight is 581 g/mol. The first-order chi connectivity index (χ1) is 19.8. The molecule has 0 unspecified atom stereocenters. The first-order valence-electron chi connectivity index (χ1n) is 14.8. The third kappa shape index (κ3) is 6.90. The van der Waals surface area contributed by atoms with Gasteiger partial charge in [-0.15, -0.1) is 0 Å². The standard InChI is InChI=1S/C33H41ClN2O5/c1-35-15-5-4-8-30(40-2)27-13-10-24(27)20-36-16-6-3-7-22-17-26(34)12-9-25(22)21-41-31-14-11-23(18-29(31)36)28(33(38)39)19-32(35)37/h4,8-9,11-12,14,17-18,24,27-28,30H,3,5-7,10,13,15-16,19-21H2,1-2H3,(H,38,39)/b8-4+/t24-,27+,28+,30-/m0/s1. The Morgan fingerprint density at radius 1 is 1.10 bits per heavy atom. The van der Waals surface area contributed by atoms with Gasteiger partial charge in [0, 0.05) is 45.2 Å². The summed E-state index contributed by atoms with van der Waals surface area (Å²) in [6, 6.07) is 11.6. The summed E-state index contributed by atoms with van der Waals surface area (Å²) >= 11 is 6.33. The number of methoxy groups -OCH3 is 1. The molecule has 2 aromatic carbocycles. The van der Waals surface area contributed by atoms with E-state index in [0.717, 1.165) is 67.2 Å². The van der Waals surface area contributed by atoms with E-state index in [2.05, 4.69) is 17.1 Å². The molecule has 220 valence electrons.